The van der Waals surface area contributed by atoms with Gasteiger partial charge in [0.25, 0.3) is 5.91 Å². The Bertz CT molecular complexity index is 963. The lowest BCUT2D eigenvalue weighted by Crippen LogP contribution is -2.13. The molecule has 3 aromatic rings. The largest absolute Gasteiger partial charge is 0.497 e. The van der Waals surface area contributed by atoms with Gasteiger partial charge in [-0.25, -0.2) is 4.68 Å². The van der Waals surface area contributed by atoms with Crippen LogP contribution in [0.1, 0.15) is 16.2 Å². The molecule has 1 amide bonds. The molecule has 0 unspecified atom stereocenters. The van der Waals surface area contributed by atoms with Gasteiger partial charge in [-0.1, -0.05) is 0 Å². The average molecular weight is 351 g/mol. The van der Waals surface area contributed by atoms with Crippen molar-refractivity contribution in [3.05, 3.63) is 59.9 Å². The Morgan fingerprint density at radius 3 is 2.65 bits per heavy atom. The zero-order valence-electron chi connectivity index (χ0n) is 14.4. The molecule has 0 saturated carbocycles. The molecule has 26 heavy (non-hydrogen) atoms. The highest BCUT2D eigenvalue weighted by atomic mass is 16.7. The molecular weight excluding hydrogens is 334 g/mol. The number of nitrogens with zero attached hydrogens (tertiary/aromatic N) is 2. The van der Waals surface area contributed by atoms with Crippen molar-refractivity contribution in [3.8, 4) is 22.9 Å². The van der Waals surface area contributed by atoms with E-state index < -0.39 is 0 Å². The normalized spacial score (nSPS) is 12.1. The van der Waals surface area contributed by atoms with E-state index in [2.05, 4.69) is 10.4 Å². The number of methoxy groups -OCH3 is 1. The van der Waals surface area contributed by atoms with Gasteiger partial charge in [0.1, 0.15) is 5.75 Å². The van der Waals surface area contributed by atoms with Crippen LogP contribution in [0.3, 0.4) is 0 Å². The molecule has 4 rings (SSSR count). The van der Waals surface area contributed by atoms with Gasteiger partial charge in [0, 0.05) is 17.4 Å². The number of aromatic nitrogens is 2. The Kier molecular flexibility index (Phi) is 3.96. The number of anilines is 1. The third kappa shape index (κ3) is 2.95. The van der Waals surface area contributed by atoms with Crippen molar-refractivity contribution in [1.29, 1.82) is 0 Å². The van der Waals surface area contributed by atoms with Gasteiger partial charge in [-0.05, 0) is 49.4 Å². The lowest BCUT2D eigenvalue weighted by atomic mass is 10.2. The van der Waals surface area contributed by atoms with E-state index in [1.54, 1.807) is 36.1 Å². The molecule has 132 valence electrons. The molecule has 1 N–H and O–H groups in total. The first-order valence-corrected chi connectivity index (χ1v) is 8.06. The zero-order valence-corrected chi connectivity index (χ0v) is 14.4. The third-order valence-electron chi connectivity index (χ3n) is 4.07. The minimum absolute atomic E-state index is 0.193. The van der Waals surface area contributed by atoms with E-state index in [1.807, 2.05) is 31.2 Å². The van der Waals surface area contributed by atoms with Gasteiger partial charge in [0.2, 0.25) is 6.79 Å². The molecule has 0 fully saturated rings. The summed E-state index contributed by atoms with van der Waals surface area (Å²) in [4.78, 5) is 12.5. The van der Waals surface area contributed by atoms with Crippen LogP contribution in [-0.4, -0.2) is 29.6 Å². The summed E-state index contributed by atoms with van der Waals surface area (Å²) in [5.41, 5.74) is 2.66. The van der Waals surface area contributed by atoms with Gasteiger partial charge in [-0.15, -0.1) is 0 Å². The molecule has 2 aromatic carbocycles. The van der Waals surface area contributed by atoms with Crippen LogP contribution in [0.4, 0.5) is 5.69 Å². The maximum absolute atomic E-state index is 12.5. The van der Waals surface area contributed by atoms with Crippen molar-refractivity contribution >= 4 is 11.6 Å². The molecule has 7 nitrogen and oxygen atoms in total. The minimum Gasteiger partial charge on any atom is -0.497 e. The number of carbonyl (C=O) groups is 1. The van der Waals surface area contributed by atoms with Crippen LogP contribution in [0.15, 0.2) is 48.5 Å². The average Bonchev–Trinajstić information content (AvgIpc) is 3.28. The maximum atomic E-state index is 12.5. The van der Waals surface area contributed by atoms with E-state index in [-0.39, 0.29) is 12.7 Å². The Morgan fingerprint density at radius 1 is 1.12 bits per heavy atom. The molecule has 7 heteroatoms. The molecule has 0 aliphatic carbocycles. The van der Waals surface area contributed by atoms with Crippen molar-refractivity contribution in [2.75, 3.05) is 19.2 Å². The van der Waals surface area contributed by atoms with Crippen molar-refractivity contribution in [2.45, 2.75) is 6.92 Å². The monoisotopic (exact) mass is 351 g/mol. The van der Waals surface area contributed by atoms with Crippen LogP contribution in [-0.2, 0) is 0 Å². The molecule has 1 aliphatic heterocycles. The Hall–Kier alpha value is -3.48. The highest BCUT2D eigenvalue weighted by Gasteiger charge is 2.17. The first-order chi connectivity index (χ1) is 12.6. The fourth-order valence-corrected chi connectivity index (χ4v) is 2.74. The fourth-order valence-electron chi connectivity index (χ4n) is 2.74. The van der Waals surface area contributed by atoms with Crippen LogP contribution in [0.5, 0.6) is 17.2 Å². The van der Waals surface area contributed by atoms with Crippen LogP contribution >= 0.6 is 0 Å². The molecule has 0 atom stereocenters. The Balaban J connectivity index is 1.55. The van der Waals surface area contributed by atoms with Crippen LogP contribution < -0.4 is 19.5 Å². The van der Waals surface area contributed by atoms with E-state index in [4.69, 9.17) is 14.2 Å². The standard InChI is InChI=1S/C19H17N3O4/c1-12-9-16(21-22(12)14-4-6-15(24-2)7-5-14)19(23)20-13-3-8-17-18(10-13)26-11-25-17/h3-10H,11H2,1-2H3,(H,20,23). The SMILES string of the molecule is COc1ccc(-n2nc(C(=O)Nc3ccc4c(c3)OCO4)cc2C)cc1. The summed E-state index contributed by atoms with van der Waals surface area (Å²) in [5.74, 6) is 1.75. The first kappa shape index (κ1) is 16.0. The molecule has 0 saturated heterocycles. The predicted octanol–water partition coefficient (Wildman–Crippen LogP) is 3.17. The van der Waals surface area contributed by atoms with Crippen molar-refractivity contribution < 1.29 is 19.0 Å². The number of aryl methyl sites for hydroxylation is 1. The predicted molar refractivity (Wildman–Crippen MR) is 95.4 cm³/mol. The molecule has 1 aliphatic rings. The van der Waals surface area contributed by atoms with Gasteiger partial charge in [0.15, 0.2) is 17.2 Å². The van der Waals surface area contributed by atoms with Crippen LogP contribution in [0, 0.1) is 6.92 Å². The van der Waals surface area contributed by atoms with Gasteiger partial charge < -0.3 is 19.5 Å². The number of nitrogens with one attached hydrogen (secondary N) is 1. The quantitative estimate of drug-likeness (QED) is 0.781. The Labute approximate surface area is 150 Å². The maximum Gasteiger partial charge on any atom is 0.276 e. The highest BCUT2D eigenvalue weighted by Crippen LogP contribution is 2.34. The van der Waals surface area contributed by atoms with Gasteiger partial charge in [-0.2, -0.15) is 5.10 Å². The van der Waals surface area contributed by atoms with E-state index in [0.717, 1.165) is 17.1 Å². The second-order valence-corrected chi connectivity index (χ2v) is 5.80. The molecule has 1 aromatic heterocycles. The van der Waals surface area contributed by atoms with Crippen molar-refractivity contribution in [3.63, 3.8) is 0 Å². The van der Waals surface area contributed by atoms with E-state index >= 15 is 0 Å². The molecule has 2 heterocycles. The number of carbonyl (C=O) groups excluding carboxylic acids is 1. The number of fused-ring (bicyclic) bond motifs is 1. The Morgan fingerprint density at radius 2 is 1.88 bits per heavy atom. The summed E-state index contributed by atoms with van der Waals surface area (Å²) >= 11 is 0. The van der Waals surface area contributed by atoms with E-state index in [1.165, 1.54) is 0 Å². The topological polar surface area (TPSA) is 74.6 Å². The summed E-state index contributed by atoms with van der Waals surface area (Å²) in [5, 5.41) is 7.24. The number of hydrogen-bond donors (Lipinski definition) is 1. The van der Waals surface area contributed by atoms with Crippen molar-refractivity contribution in [1.82, 2.24) is 9.78 Å². The highest BCUT2D eigenvalue weighted by molar-refractivity contribution is 6.03. The third-order valence-corrected chi connectivity index (χ3v) is 4.07. The summed E-state index contributed by atoms with van der Waals surface area (Å²) < 4.78 is 17.5. The minimum atomic E-state index is -0.292. The van der Waals surface area contributed by atoms with Gasteiger partial charge >= 0.3 is 0 Å². The second kappa shape index (κ2) is 6.44. The van der Waals surface area contributed by atoms with E-state index in [9.17, 15) is 4.79 Å². The number of hydrogen-bond acceptors (Lipinski definition) is 5. The number of rotatable bonds is 4. The fraction of sp³-hybridized carbons (Fsp3) is 0.158. The van der Waals surface area contributed by atoms with Crippen molar-refractivity contribution in [2.24, 2.45) is 0 Å². The molecule has 0 radical (unpaired) electrons. The van der Waals surface area contributed by atoms with Gasteiger partial charge in [-0.3, -0.25) is 4.79 Å². The number of ether oxygens (including phenoxy) is 3. The second-order valence-electron chi connectivity index (χ2n) is 5.80. The zero-order chi connectivity index (χ0) is 18.1. The molecule has 0 bridgehead atoms. The number of amides is 1. The van der Waals surface area contributed by atoms with E-state index in [0.29, 0.717) is 22.9 Å². The smallest absolute Gasteiger partial charge is 0.276 e. The summed E-state index contributed by atoms with van der Waals surface area (Å²) in [6, 6.07) is 14.5. The summed E-state index contributed by atoms with van der Waals surface area (Å²) in [6.45, 7) is 2.09. The first-order valence-electron chi connectivity index (χ1n) is 8.06. The number of benzene rings is 2. The molecular formula is C19H17N3O4. The summed E-state index contributed by atoms with van der Waals surface area (Å²) in [6.07, 6.45) is 0. The lowest BCUT2D eigenvalue weighted by Gasteiger charge is -2.06. The summed E-state index contributed by atoms with van der Waals surface area (Å²) in [7, 11) is 1.62. The van der Waals surface area contributed by atoms with Crippen LogP contribution in [0.2, 0.25) is 0 Å². The molecule has 0 spiro atoms. The van der Waals surface area contributed by atoms with Gasteiger partial charge in [0.05, 0.1) is 12.8 Å². The lowest BCUT2D eigenvalue weighted by molar-refractivity contribution is 0.102. The van der Waals surface area contributed by atoms with Crippen LogP contribution in [0.25, 0.3) is 5.69 Å².